The Morgan fingerprint density at radius 2 is 2.26 bits per heavy atom. The van der Waals surface area contributed by atoms with Gasteiger partial charge in [-0.3, -0.25) is 0 Å². The zero-order chi connectivity index (χ0) is 13.7. The average molecular weight is 273 g/mol. The van der Waals surface area contributed by atoms with Crippen LogP contribution < -0.4 is 10.1 Å². The molecule has 1 atom stereocenters. The quantitative estimate of drug-likeness (QED) is 0.890. The summed E-state index contributed by atoms with van der Waals surface area (Å²) in [5, 5.41) is 2.99. The van der Waals surface area contributed by atoms with Crippen LogP contribution in [0.2, 0.25) is 0 Å². The van der Waals surface area contributed by atoms with E-state index in [-0.39, 0.29) is 6.10 Å². The highest BCUT2D eigenvalue weighted by Gasteiger charge is 2.12. The van der Waals surface area contributed by atoms with Crippen LogP contribution in [-0.2, 0) is 4.74 Å². The van der Waals surface area contributed by atoms with E-state index in [0.717, 1.165) is 18.9 Å². The molecule has 0 radical (unpaired) electrons. The fourth-order valence-electron chi connectivity index (χ4n) is 1.77. The highest BCUT2D eigenvalue weighted by molar-refractivity contribution is 5.47. The van der Waals surface area contributed by atoms with Crippen molar-refractivity contribution in [1.29, 1.82) is 0 Å². The van der Waals surface area contributed by atoms with E-state index >= 15 is 0 Å². The maximum Gasteiger partial charge on any atom is 0.387 e. The third-order valence-electron chi connectivity index (χ3n) is 2.70. The Labute approximate surface area is 109 Å². The topological polar surface area (TPSA) is 30.5 Å². The van der Waals surface area contributed by atoms with Crippen molar-refractivity contribution in [2.75, 3.05) is 11.9 Å². The standard InChI is InChI=1S/C13H14F3NO2/c14-11-7-9(4-5-12(11)19-13(15)16)17-8-10-3-1-2-6-18-10/h2,4-7,10,13,17H,1,3,8H2. The summed E-state index contributed by atoms with van der Waals surface area (Å²) in [5.74, 6) is -1.29. The number of alkyl halides is 2. The summed E-state index contributed by atoms with van der Waals surface area (Å²) in [6, 6.07) is 3.78. The molecular formula is C13H14F3NO2. The van der Waals surface area contributed by atoms with Gasteiger partial charge in [0.2, 0.25) is 0 Å². The van der Waals surface area contributed by atoms with Crippen LogP contribution in [0.3, 0.4) is 0 Å². The first-order valence-electron chi connectivity index (χ1n) is 5.94. The minimum atomic E-state index is -3.03. The molecule has 6 heteroatoms. The normalized spacial score (nSPS) is 18.2. The fraction of sp³-hybridized carbons (Fsp3) is 0.385. The second kappa shape index (κ2) is 6.36. The van der Waals surface area contributed by atoms with E-state index in [9.17, 15) is 13.2 Å². The third-order valence-corrected chi connectivity index (χ3v) is 2.70. The van der Waals surface area contributed by atoms with Crippen molar-refractivity contribution in [3.8, 4) is 5.75 Å². The van der Waals surface area contributed by atoms with Crippen LogP contribution in [0.25, 0.3) is 0 Å². The zero-order valence-electron chi connectivity index (χ0n) is 10.1. The van der Waals surface area contributed by atoms with Gasteiger partial charge in [0.15, 0.2) is 11.6 Å². The van der Waals surface area contributed by atoms with Crippen LogP contribution in [0.1, 0.15) is 12.8 Å². The summed E-state index contributed by atoms with van der Waals surface area (Å²) in [6.07, 6.45) is 5.45. The van der Waals surface area contributed by atoms with E-state index in [1.807, 2.05) is 6.08 Å². The molecule has 1 aromatic carbocycles. The van der Waals surface area contributed by atoms with Gasteiger partial charge in [0.1, 0.15) is 6.10 Å². The van der Waals surface area contributed by atoms with Gasteiger partial charge in [-0.05, 0) is 31.1 Å². The molecule has 0 aliphatic carbocycles. The number of benzene rings is 1. The number of hydrogen-bond donors (Lipinski definition) is 1. The number of ether oxygens (including phenoxy) is 2. The molecule has 1 aromatic rings. The number of allylic oxidation sites excluding steroid dienone is 1. The smallest absolute Gasteiger partial charge is 0.387 e. The van der Waals surface area contributed by atoms with E-state index in [4.69, 9.17) is 4.74 Å². The van der Waals surface area contributed by atoms with Crippen LogP contribution in [0, 0.1) is 5.82 Å². The molecule has 19 heavy (non-hydrogen) atoms. The highest BCUT2D eigenvalue weighted by atomic mass is 19.3. The Morgan fingerprint density at radius 1 is 1.42 bits per heavy atom. The highest BCUT2D eigenvalue weighted by Crippen LogP contribution is 2.23. The van der Waals surface area contributed by atoms with Crippen molar-refractivity contribution in [1.82, 2.24) is 0 Å². The predicted octanol–water partition coefficient (Wildman–Crippen LogP) is 3.53. The first-order chi connectivity index (χ1) is 9.15. The molecule has 1 aliphatic rings. The van der Waals surface area contributed by atoms with Gasteiger partial charge in [0.25, 0.3) is 0 Å². The Balaban J connectivity index is 1.90. The lowest BCUT2D eigenvalue weighted by Gasteiger charge is -2.20. The first-order valence-corrected chi connectivity index (χ1v) is 5.94. The second-order valence-electron chi connectivity index (χ2n) is 4.11. The van der Waals surface area contributed by atoms with Gasteiger partial charge in [0.05, 0.1) is 12.8 Å². The Morgan fingerprint density at radius 3 is 2.89 bits per heavy atom. The number of rotatable bonds is 5. The molecule has 1 heterocycles. The SMILES string of the molecule is Fc1cc(NCC2CCC=CO2)ccc1OC(F)F. The molecule has 1 unspecified atom stereocenters. The molecule has 0 spiro atoms. The molecule has 0 fully saturated rings. The second-order valence-corrected chi connectivity index (χ2v) is 4.11. The lowest BCUT2D eigenvalue weighted by Crippen LogP contribution is -2.23. The Hall–Kier alpha value is -1.85. The predicted molar refractivity (Wildman–Crippen MR) is 64.8 cm³/mol. The van der Waals surface area contributed by atoms with Crippen LogP contribution in [0.15, 0.2) is 30.5 Å². The summed E-state index contributed by atoms with van der Waals surface area (Å²) < 4.78 is 46.7. The van der Waals surface area contributed by atoms with Gasteiger partial charge in [-0.2, -0.15) is 8.78 Å². The number of hydrogen-bond acceptors (Lipinski definition) is 3. The molecule has 2 rings (SSSR count). The van der Waals surface area contributed by atoms with Gasteiger partial charge in [-0.25, -0.2) is 4.39 Å². The lowest BCUT2D eigenvalue weighted by atomic mass is 10.1. The molecule has 3 nitrogen and oxygen atoms in total. The van der Waals surface area contributed by atoms with Crippen molar-refractivity contribution in [3.05, 3.63) is 36.4 Å². The van der Waals surface area contributed by atoms with E-state index in [2.05, 4.69) is 10.1 Å². The third kappa shape index (κ3) is 4.08. The van der Waals surface area contributed by atoms with Crippen molar-refractivity contribution in [2.45, 2.75) is 25.6 Å². The van der Waals surface area contributed by atoms with E-state index < -0.39 is 18.2 Å². The molecule has 0 bridgehead atoms. The minimum absolute atomic E-state index is 0.0325. The molecule has 1 N–H and O–H groups in total. The Bertz CT molecular complexity index is 452. The van der Waals surface area contributed by atoms with Crippen molar-refractivity contribution in [2.24, 2.45) is 0 Å². The van der Waals surface area contributed by atoms with E-state index in [0.29, 0.717) is 12.2 Å². The molecule has 0 saturated carbocycles. The molecule has 0 amide bonds. The summed E-state index contributed by atoms with van der Waals surface area (Å²) in [4.78, 5) is 0. The largest absolute Gasteiger partial charge is 0.497 e. The number of halogens is 3. The average Bonchev–Trinajstić information content (AvgIpc) is 2.40. The van der Waals surface area contributed by atoms with Crippen molar-refractivity contribution < 1.29 is 22.6 Å². The van der Waals surface area contributed by atoms with Crippen LogP contribution >= 0.6 is 0 Å². The fourth-order valence-corrected chi connectivity index (χ4v) is 1.77. The molecule has 0 aromatic heterocycles. The first kappa shape index (κ1) is 13.6. The summed E-state index contributed by atoms with van der Waals surface area (Å²) >= 11 is 0. The van der Waals surface area contributed by atoms with Gasteiger partial charge >= 0.3 is 6.61 Å². The number of anilines is 1. The van der Waals surface area contributed by atoms with Gasteiger partial charge in [-0.15, -0.1) is 0 Å². The van der Waals surface area contributed by atoms with Gasteiger partial charge in [-0.1, -0.05) is 0 Å². The van der Waals surface area contributed by atoms with Crippen molar-refractivity contribution in [3.63, 3.8) is 0 Å². The van der Waals surface area contributed by atoms with Crippen LogP contribution in [-0.4, -0.2) is 19.3 Å². The maximum absolute atomic E-state index is 13.4. The zero-order valence-corrected chi connectivity index (χ0v) is 10.1. The Kier molecular flexibility index (Phi) is 4.54. The molecule has 0 saturated heterocycles. The summed E-state index contributed by atoms with van der Waals surface area (Å²) in [6.45, 7) is -2.51. The lowest BCUT2D eigenvalue weighted by molar-refractivity contribution is -0.0521. The summed E-state index contributed by atoms with van der Waals surface area (Å²) in [7, 11) is 0. The van der Waals surface area contributed by atoms with Gasteiger partial charge in [0, 0.05) is 11.8 Å². The van der Waals surface area contributed by atoms with Crippen LogP contribution in [0.4, 0.5) is 18.9 Å². The maximum atomic E-state index is 13.4. The molecule has 1 aliphatic heterocycles. The molecular weight excluding hydrogens is 259 g/mol. The van der Waals surface area contributed by atoms with Gasteiger partial charge < -0.3 is 14.8 Å². The minimum Gasteiger partial charge on any atom is -0.497 e. The monoisotopic (exact) mass is 273 g/mol. The number of nitrogens with one attached hydrogen (secondary N) is 1. The molecule has 104 valence electrons. The summed E-state index contributed by atoms with van der Waals surface area (Å²) in [5.41, 5.74) is 0.497. The van der Waals surface area contributed by atoms with Crippen LogP contribution in [0.5, 0.6) is 5.75 Å². The van der Waals surface area contributed by atoms with Crippen molar-refractivity contribution >= 4 is 5.69 Å². The van der Waals surface area contributed by atoms with E-state index in [1.54, 1.807) is 6.26 Å². The van der Waals surface area contributed by atoms with E-state index in [1.165, 1.54) is 12.1 Å².